The maximum absolute atomic E-state index is 11.6. The van der Waals surface area contributed by atoms with Gasteiger partial charge in [0, 0.05) is 12.6 Å². The number of hydrogen-bond donors (Lipinski definition) is 1. The van der Waals surface area contributed by atoms with E-state index in [1.807, 2.05) is 0 Å². The van der Waals surface area contributed by atoms with Gasteiger partial charge in [0.15, 0.2) is 9.84 Å². The maximum Gasteiger partial charge on any atom is 0.152 e. The minimum absolute atomic E-state index is 0.00122. The topological polar surface area (TPSA) is 55.4 Å². The van der Waals surface area contributed by atoms with E-state index in [0.29, 0.717) is 12.2 Å². The Morgan fingerprint density at radius 3 is 2.56 bits per heavy atom. The SMILES string of the molecule is O=S1(=O)CCC2OC3(CCCCCC3)CNC2C1. The fourth-order valence-corrected chi connectivity index (χ4v) is 5.28. The Morgan fingerprint density at radius 2 is 1.83 bits per heavy atom. The molecule has 2 atom stereocenters. The van der Waals surface area contributed by atoms with Crippen molar-refractivity contribution in [2.45, 2.75) is 62.7 Å². The van der Waals surface area contributed by atoms with Crippen LogP contribution in [-0.4, -0.2) is 44.2 Å². The summed E-state index contributed by atoms with van der Waals surface area (Å²) in [5, 5.41) is 3.46. The molecule has 1 aliphatic carbocycles. The predicted octanol–water partition coefficient (Wildman–Crippen LogP) is 1.25. The molecule has 104 valence electrons. The summed E-state index contributed by atoms with van der Waals surface area (Å²) >= 11 is 0. The molecule has 0 aromatic rings. The van der Waals surface area contributed by atoms with E-state index < -0.39 is 9.84 Å². The zero-order valence-corrected chi connectivity index (χ0v) is 11.7. The van der Waals surface area contributed by atoms with E-state index in [4.69, 9.17) is 4.74 Å². The fraction of sp³-hybridized carbons (Fsp3) is 1.00. The molecule has 0 aromatic carbocycles. The fourth-order valence-electron chi connectivity index (χ4n) is 3.64. The molecule has 0 aromatic heterocycles. The summed E-state index contributed by atoms with van der Waals surface area (Å²) in [5.74, 6) is 0.555. The zero-order chi connectivity index (χ0) is 12.6. The molecule has 18 heavy (non-hydrogen) atoms. The summed E-state index contributed by atoms with van der Waals surface area (Å²) in [6, 6.07) is 0.0256. The van der Waals surface area contributed by atoms with Crippen molar-refractivity contribution in [3.63, 3.8) is 0 Å². The van der Waals surface area contributed by atoms with Crippen LogP contribution in [0.5, 0.6) is 0 Å². The largest absolute Gasteiger partial charge is 0.369 e. The van der Waals surface area contributed by atoms with Gasteiger partial charge in [-0.25, -0.2) is 8.42 Å². The first-order chi connectivity index (χ1) is 8.59. The van der Waals surface area contributed by atoms with Gasteiger partial charge < -0.3 is 10.1 Å². The van der Waals surface area contributed by atoms with Crippen molar-refractivity contribution in [3.8, 4) is 0 Å². The Morgan fingerprint density at radius 1 is 1.11 bits per heavy atom. The Bertz CT molecular complexity index is 398. The van der Waals surface area contributed by atoms with E-state index in [2.05, 4.69) is 5.32 Å². The second-order valence-corrected chi connectivity index (χ2v) is 8.37. The second kappa shape index (κ2) is 4.76. The Hall–Kier alpha value is -0.130. The zero-order valence-electron chi connectivity index (χ0n) is 10.9. The number of sulfone groups is 1. The van der Waals surface area contributed by atoms with E-state index in [1.165, 1.54) is 25.7 Å². The molecule has 2 unspecified atom stereocenters. The summed E-state index contributed by atoms with van der Waals surface area (Å²) in [4.78, 5) is 0. The van der Waals surface area contributed by atoms with Crippen LogP contribution in [0.2, 0.25) is 0 Å². The van der Waals surface area contributed by atoms with Gasteiger partial charge in [0.2, 0.25) is 0 Å². The minimum atomic E-state index is -2.85. The van der Waals surface area contributed by atoms with Gasteiger partial charge in [-0.05, 0) is 19.3 Å². The molecular weight excluding hydrogens is 250 g/mol. The lowest BCUT2D eigenvalue weighted by molar-refractivity contribution is -0.140. The number of nitrogens with one attached hydrogen (secondary N) is 1. The van der Waals surface area contributed by atoms with E-state index >= 15 is 0 Å². The van der Waals surface area contributed by atoms with Crippen LogP contribution in [0.4, 0.5) is 0 Å². The molecule has 3 rings (SSSR count). The van der Waals surface area contributed by atoms with E-state index in [9.17, 15) is 8.42 Å². The van der Waals surface area contributed by atoms with Gasteiger partial charge in [-0.1, -0.05) is 25.7 Å². The third-order valence-electron chi connectivity index (χ3n) is 4.70. The molecule has 2 saturated heterocycles. The molecule has 2 aliphatic heterocycles. The summed E-state index contributed by atoms with van der Waals surface area (Å²) < 4.78 is 29.6. The van der Waals surface area contributed by atoms with Crippen molar-refractivity contribution in [3.05, 3.63) is 0 Å². The van der Waals surface area contributed by atoms with Gasteiger partial charge in [0.25, 0.3) is 0 Å². The maximum atomic E-state index is 11.6. The van der Waals surface area contributed by atoms with Crippen molar-refractivity contribution in [1.29, 1.82) is 0 Å². The summed E-state index contributed by atoms with van der Waals surface area (Å²) in [7, 11) is -2.85. The third kappa shape index (κ3) is 2.58. The molecule has 3 aliphatic rings. The van der Waals surface area contributed by atoms with Crippen molar-refractivity contribution < 1.29 is 13.2 Å². The molecule has 0 bridgehead atoms. The van der Waals surface area contributed by atoms with Crippen LogP contribution in [0, 0.1) is 0 Å². The highest BCUT2D eigenvalue weighted by molar-refractivity contribution is 7.91. The number of hydrogen-bond acceptors (Lipinski definition) is 4. The van der Waals surface area contributed by atoms with Crippen molar-refractivity contribution in [2.75, 3.05) is 18.1 Å². The Balaban J connectivity index is 1.70. The molecular formula is C13H23NO3S. The first-order valence-corrected chi connectivity index (χ1v) is 9.02. The average Bonchev–Trinajstić information content (AvgIpc) is 2.55. The van der Waals surface area contributed by atoms with Gasteiger partial charge in [-0.2, -0.15) is 0 Å². The molecule has 1 saturated carbocycles. The highest BCUT2D eigenvalue weighted by Crippen LogP contribution is 2.36. The number of ether oxygens (including phenoxy) is 1. The molecule has 1 spiro atoms. The van der Waals surface area contributed by atoms with Gasteiger partial charge in [0.05, 0.1) is 23.2 Å². The van der Waals surface area contributed by atoms with Crippen molar-refractivity contribution in [2.24, 2.45) is 0 Å². The lowest BCUT2D eigenvalue weighted by Gasteiger charge is -2.47. The molecule has 3 fully saturated rings. The molecule has 2 heterocycles. The van der Waals surface area contributed by atoms with Crippen molar-refractivity contribution in [1.82, 2.24) is 5.32 Å². The van der Waals surface area contributed by atoms with Crippen LogP contribution < -0.4 is 5.32 Å². The molecule has 0 amide bonds. The van der Waals surface area contributed by atoms with Crippen LogP contribution in [0.15, 0.2) is 0 Å². The van der Waals surface area contributed by atoms with Gasteiger partial charge in [-0.15, -0.1) is 0 Å². The Labute approximate surface area is 109 Å². The number of fused-ring (bicyclic) bond motifs is 1. The number of morpholine rings is 1. The number of rotatable bonds is 0. The standard InChI is InChI=1S/C13H23NO3S/c15-18(16)8-5-12-11(9-18)14-10-13(17-12)6-3-1-2-4-7-13/h11-12,14H,1-10H2. The van der Waals surface area contributed by atoms with Crippen molar-refractivity contribution >= 4 is 9.84 Å². The minimum Gasteiger partial charge on any atom is -0.369 e. The first-order valence-electron chi connectivity index (χ1n) is 7.20. The first kappa shape index (κ1) is 12.9. The smallest absolute Gasteiger partial charge is 0.152 e. The van der Waals surface area contributed by atoms with E-state index in [-0.39, 0.29) is 23.5 Å². The van der Waals surface area contributed by atoms with Crippen LogP contribution in [-0.2, 0) is 14.6 Å². The van der Waals surface area contributed by atoms with Crippen LogP contribution >= 0.6 is 0 Å². The lowest BCUT2D eigenvalue weighted by atomic mass is 9.90. The second-order valence-electron chi connectivity index (χ2n) is 6.14. The van der Waals surface area contributed by atoms with Gasteiger partial charge in [-0.3, -0.25) is 0 Å². The summed E-state index contributed by atoms with van der Waals surface area (Å²) in [5.41, 5.74) is -0.00122. The molecule has 0 radical (unpaired) electrons. The monoisotopic (exact) mass is 273 g/mol. The van der Waals surface area contributed by atoms with Crippen LogP contribution in [0.25, 0.3) is 0 Å². The van der Waals surface area contributed by atoms with E-state index in [0.717, 1.165) is 19.4 Å². The quantitative estimate of drug-likeness (QED) is 0.722. The highest BCUT2D eigenvalue weighted by Gasteiger charge is 2.44. The average molecular weight is 273 g/mol. The highest BCUT2D eigenvalue weighted by atomic mass is 32.2. The molecule has 4 nitrogen and oxygen atoms in total. The predicted molar refractivity (Wildman–Crippen MR) is 70.4 cm³/mol. The Kier molecular flexibility index (Phi) is 3.41. The van der Waals surface area contributed by atoms with Crippen LogP contribution in [0.3, 0.4) is 0 Å². The summed E-state index contributed by atoms with van der Waals surface area (Å²) in [6.07, 6.45) is 8.17. The molecule has 1 N–H and O–H groups in total. The van der Waals surface area contributed by atoms with E-state index in [1.54, 1.807) is 0 Å². The lowest BCUT2D eigenvalue weighted by Crippen LogP contribution is -2.63. The normalized spacial score (nSPS) is 38.9. The van der Waals surface area contributed by atoms with Gasteiger partial charge >= 0.3 is 0 Å². The molecule has 5 heteroatoms. The van der Waals surface area contributed by atoms with Gasteiger partial charge in [0.1, 0.15) is 0 Å². The summed E-state index contributed by atoms with van der Waals surface area (Å²) in [6.45, 7) is 0.837. The third-order valence-corrected chi connectivity index (χ3v) is 6.42. The van der Waals surface area contributed by atoms with Crippen LogP contribution in [0.1, 0.15) is 44.9 Å².